The number of piperazine rings is 1. The number of anilines is 2. The maximum atomic E-state index is 14.8. The number of Topliss-reactive ketones (excluding diaryl/α,β-unsaturated/α-hetero) is 2. The predicted octanol–water partition coefficient (Wildman–Crippen LogP) is 7.15. The lowest BCUT2D eigenvalue weighted by molar-refractivity contribution is -0.302. The Bertz CT molecular complexity index is 3110. The van der Waals surface area contributed by atoms with Crippen molar-refractivity contribution in [1.82, 2.24) is 24.7 Å². The number of nitrogens with zero attached hydrogens (tertiary/aromatic N) is 5. The van der Waals surface area contributed by atoms with E-state index in [4.69, 9.17) is 44.3 Å². The van der Waals surface area contributed by atoms with Gasteiger partial charge in [0, 0.05) is 121 Å². The van der Waals surface area contributed by atoms with E-state index < -0.39 is 90.0 Å². The average molecular weight is 1280 g/mol. The summed E-state index contributed by atoms with van der Waals surface area (Å²) in [6.07, 6.45) is 9.91. The molecule has 3 saturated heterocycles. The van der Waals surface area contributed by atoms with Crippen LogP contribution in [0.15, 0.2) is 66.0 Å². The Morgan fingerprint density at radius 3 is 2.30 bits per heavy atom. The summed E-state index contributed by atoms with van der Waals surface area (Å²) in [6, 6.07) is 9.98. The highest BCUT2D eigenvalue weighted by Gasteiger charge is 2.57. The first kappa shape index (κ1) is 71.5. The lowest BCUT2D eigenvalue weighted by atomic mass is 9.81. The first-order valence-electron chi connectivity index (χ1n) is 32.8. The Kier molecular flexibility index (Phi) is 26.1. The van der Waals surface area contributed by atoms with Crippen molar-refractivity contribution in [1.29, 1.82) is 0 Å². The van der Waals surface area contributed by atoms with Crippen LogP contribution in [0.3, 0.4) is 0 Å². The highest BCUT2D eigenvalue weighted by atomic mass is 16.7. The number of cyclic esters (lactones) is 1. The number of fused-ring (bicyclic) bond motifs is 4. The van der Waals surface area contributed by atoms with Crippen molar-refractivity contribution in [2.24, 2.45) is 29.6 Å². The molecule has 92 heavy (non-hydrogen) atoms. The second kappa shape index (κ2) is 33.6. The quantitative estimate of drug-likeness (QED) is 0.0305. The van der Waals surface area contributed by atoms with E-state index in [1.54, 1.807) is 35.0 Å². The number of nitrogens with one attached hydrogen (secondary N) is 1. The van der Waals surface area contributed by atoms with Crippen LogP contribution >= 0.6 is 0 Å². The Hall–Kier alpha value is -6.39. The van der Waals surface area contributed by atoms with E-state index in [0.29, 0.717) is 139 Å². The van der Waals surface area contributed by atoms with E-state index >= 15 is 0 Å². The molecular formula is C70H98N6O16. The van der Waals surface area contributed by atoms with E-state index in [0.717, 1.165) is 22.2 Å². The van der Waals surface area contributed by atoms with Gasteiger partial charge in [0.25, 0.3) is 11.7 Å². The van der Waals surface area contributed by atoms with Crippen molar-refractivity contribution in [3.63, 3.8) is 0 Å². The second-order valence-corrected chi connectivity index (χ2v) is 25.9. The van der Waals surface area contributed by atoms with E-state index in [2.05, 4.69) is 26.1 Å². The maximum absolute atomic E-state index is 14.8. The fraction of sp³-hybridized carbons (Fsp3) is 0.643. The highest BCUT2D eigenvalue weighted by Crippen LogP contribution is 2.40. The number of carbonyl (C=O) groups is 5. The van der Waals surface area contributed by atoms with Crippen LogP contribution in [0.1, 0.15) is 124 Å². The molecule has 2 aromatic carbocycles. The number of aromatic nitrogens is 2. The molecule has 5 heterocycles. The normalized spacial score (nSPS) is 30.9. The molecule has 1 saturated carbocycles. The Balaban J connectivity index is 0.967. The Morgan fingerprint density at radius 1 is 0.848 bits per heavy atom. The number of aliphatic hydroxyl groups is 3. The third kappa shape index (κ3) is 18.1. The fourth-order valence-corrected chi connectivity index (χ4v) is 13.9. The van der Waals surface area contributed by atoms with Crippen LogP contribution in [0.5, 0.6) is 11.5 Å². The number of hydrogen-bond donors (Lipinski definition) is 4. The van der Waals surface area contributed by atoms with Gasteiger partial charge in [0.15, 0.2) is 11.5 Å². The first-order valence-corrected chi connectivity index (χ1v) is 32.8. The van der Waals surface area contributed by atoms with Gasteiger partial charge in [-0.2, -0.15) is 0 Å². The third-order valence-corrected chi connectivity index (χ3v) is 19.3. The van der Waals surface area contributed by atoms with Crippen LogP contribution in [-0.4, -0.2) is 211 Å². The molecule has 2 amide bonds. The van der Waals surface area contributed by atoms with Gasteiger partial charge in [0.1, 0.15) is 49.4 Å². The van der Waals surface area contributed by atoms with Gasteiger partial charge in [-0.05, 0) is 126 Å². The Labute approximate surface area is 542 Å². The van der Waals surface area contributed by atoms with E-state index in [9.17, 15) is 39.3 Å². The molecule has 4 N–H and O–H groups in total. The van der Waals surface area contributed by atoms with Crippen LogP contribution in [-0.2, 0) is 52.4 Å². The molecule has 0 spiro atoms. The molecule has 5 aliphatic rings. The molecule has 504 valence electrons. The maximum Gasteiger partial charge on any atom is 0.329 e. The first-order chi connectivity index (χ1) is 44.2. The number of amides is 2. The summed E-state index contributed by atoms with van der Waals surface area (Å²) >= 11 is 0. The standard InChI is InChI=1S/C70H98N6O16/c1-11-48-16-14-18-51(37-48)73-67-52-39-59(60(90-31-30-85-7)40-53(52)71-42-72-67)89-29-28-74-24-26-75(27-25-74)63(80)20-15-17-50-33-43(2)32-44(3)34-61(87-9)65-62(88-10)36-46(5)70(84,92-65)66(81)68(82)76-23-13-12-19-54(76)69(83)91-64(47(6)56(78)41-57(50)79)45(4)35-49-21-22-55(77)58(38-49)86-8/h1,14,16,18,33,35,37,39-40,42,44,46-47,49-50,54-56,58,61-62,64-65,77-78,84H,12-13,15,17,19-32,34,36,38,41H2,2-10H3,(H,71,72,73)/b43-33+,45-35+/t44-,46+,47+,49-,50+,54-,55+,56-,58+,61-,62-,64+,65+,70+/m0/s1. The molecule has 1 aromatic heterocycles. The highest BCUT2D eigenvalue weighted by molar-refractivity contribution is 6.39. The number of ether oxygens (including phenoxy) is 8. The summed E-state index contributed by atoms with van der Waals surface area (Å²) < 4.78 is 48.1. The number of ketones is 2. The lowest BCUT2D eigenvalue weighted by Crippen LogP contribution is -2.64. The zero-order valence-corrected chi connectivity index (χ0v) is 55.2. The molecule has 14 atom stereocenters. The van der Waals surface area contributed by atoms with Crippen molar-refractivity contribution in [3.8, 4) is 23.8 Å². The van der Waals surface area contributed by atoms with E-state index in [-0.39, 0.29) is 55.8 Å². The SMILES string of the molecule is C#Cc1cccc(Nc2ncnc3cc(OCCOC)c(OCCN4CCN(C(=O)CCC[C@@H]5/C=C(\C)C[C@H](C)C[C@H](OC)[C@H]6O[C@@](O)(C(=O)C(=O)N7CCCC[C@H]7C(=O)O[C@H](/C(C)=C/[C@@H]7CC[C@@H](O)[C@H](OC)C7)[C@H](C)[C@@H](O)CC5=O)[C@H](C)C[C@@H]6OC)CC4)cc23)c1. The number of allylic oxidation sites excluding steroid dienone is 3. The third-order valence-electron chi connectivity index (χ3n) is 19.3. The number of aliphatic hydroxyl groups excluding tert-OH is 2. The second-order valence-electron chi connectivity index (χ2n) is 25.9. The smallest absolute Gasteiger partial charge is 0.329 e. The van der Waals surface area contributed by atoms with Crippen LogP contribution < -0.4 is 14.8 Å². The molecule has 1 aliphatic carbocycles. The topological polar surface area (TPSA) is 267 Å². The number of hydrogen-bond acceptors (Lipinski definition) is 20. The van der Waals surface area contributed by atoms with Crippen molar-refractivity contribution in [2.75, 3.05) is 92.8 Å². The summed E-state index contributed by atoms with van der Waals surface area (Å²) in [5.74, 6) is -4.19. The summed E-state index contributed by atoms with van der Waals surface area (Å²) in [7, 11) is 6.20. The minimum Gasteiger partial charge on any atom is -0.488 e. The molecule has 0 unspecified atom stereocenters. The van der Waals surface area contributed by atoms with Crippen molar-refractivity contribution < 1.29 is 77.2 Å². The van der Waals surface area contributed by atoms with Gasteiger partial charge in [-0.3, -0.25) is 24.1 Å². The summed E-state index contributed by atoms with van der Waals surface area (Å²) in [5, 5.41) is 39.3. The van der Waals surface area contributed by atoms with Crippen molar-refractivity contribution >= 4 is 51.8 Å². The van der Waals surface area contributed by atoms with E-state index in [1.807, 2.05) is 67.3 Å². The molecule has 2 bridgehead atoms. The lowest BCUT2D eigenvalue weighted by Gasteiger charge is -2.47. The van der Waals surface area contributed by atoms with Crippen LogP contribution in [0, 0.1) is 41.9 Å². The van der Waals surface area contributed by atoms with Crippen LogP contribution in [0.4, 0.5) is 11.5 Å². The van der Waals surface area contributed by atoms with Gasteiger partial charge in [0.2, 0.25) is 11.7 Å². The zero-order valence-electron chi connectivity index (χ0n) is 55.2. The zero-order chi connectivity index (χ0) is 66.2. The average Bonchev–Trinajstić information content (AvgIpc) is 0.790. The monoisotopic (exact) mass is 1280 g/mol. The molecule has 0 radical (unpaired) electrons. The number of terminal acetylenes is 1. The van der Waals surface area contributed by atoms with Gasteiger partial charge >= 0.3 is 5.97 Å². The van der Waals surface area contributed by atoms with Gasteiger partial charge in [0.05, 0.1) is 42.6 Å². The van der Waals surface area contributed by atoms with Crippen molar-refractivity contribution in [3.05, 3.63) is 71.6 Å². The largest absolute Gasteiger partial charge is 0.488 e. The minimum absolute atomic E-state index is 0.0203. The summed E-state index contributed by atoms with van der Waals surface area (Å²) in [4.78, 5) is 86.9. The molecule has 4 fully saturated rings. The fourth-order valence-electron chi connectivity index (χ4n) is 13.9. The number of esters is 1. The summed E-state index contributed by atoms with van der Waals surface area (Å²) in [5.41, 5.74) is 3.66. The Morgan fingerprint density at radius 2 is 1.58 bits per heavy atom. The van der Waals surface area contributed by atoms with Crippen LogP contribution in [0.25, 0.3) is 10.9 Å². The van der Waals surface area contributed by atoms with Gasteiger partial charge < -0.3 is 68.3 Å². The van der Waals surface area contributed by atoms with Crippen LogP contribution in [0.2, 0.25) is 0 Å². The van der Waals surface area contributed by atoms with Gasteiger partial charge in [-0.15, -0.1) is 6.42 Å². The molecular weight excluding hydrogens is 1180 g/mol. The molecule has 4 aliphatic heterocycles. The number of benzene rings is 2. The number of carbonyl (C=O) groups excluding carboxylic acids is 5. The molecule has 8 rings (SSSR count). The predicted molar refractivity (Wildman–Crippen MR) is 345 cm³/mol. The van der Waals surface area contributed by atoms with Gasteiger partial charge in [-0.1, -0.05) is 50.5 Å². The minimum atomic E-state index is -2.57. The number of piperidine rings is 1. The molecule has 22 heteroatoms. The van der Waals surface area contributed by atoms with Crippen molar-refractivity contribution in [2.45, 2.75) is 173 Å². The molecule has 22 nitrogen and oxygen atoms in total. The summed E-state index contributed by atoms with van der Waals surface area (Å²) in [6.45, 7) is 13.0. The van der Waals surface area contributed by atoms with E-state index in [1.165, 1.54) is 25.4 Å². The molecule has 3 aromatic rings. The van der Waals surface area contributed by atoms with Gasteiger partial charge in [-0.25, -0.2) is 14.8 Å². The number of rotatable bonds is 19. The number of methoxy groups -OCH3 is 4.